The van der Waals surface area contributed by atoms with Gasteiger partial charge in [0.05, 0.1) is 0 Å². The van der Waals surface area contributed by atoms with Crippen molar-refractivity contribution in [2.75, 3.05) is 0 Å². The molecule has 3 rings (SSSR count). The van der Waals surface area contributed by atoms with Crippen molar-refractivity contribution >= 4 is 66.7 Å². The zero-order valence-corrected chi connectivity index (χ0v) is 16.1. The van der Waals surface area contributed by atoms with Crippen LogP contribution in [0, 0.1) is 7.14 Å². The van der Waals surface area contributed by atoms with Gasteiger partial charge >= 0.3 is 0 Å². The van der Waals surface area contributed by atoms with Crippen LogP contribution in [-0.2, 0) is 5.41 Å². The lowest BCUT2D eigenvalue weighted by Crippen LogP contribution is -2.11. The molecule has 0 aromatic heterocycles. The van der Waals surface area contributed by atoms with Crippen LogP contribution >= 0.6 is 45.2 Å². The van der Waals surface area contributed by atoms with Crippen molar-refractivity contribution in [3.05, 3.63) is 55.2 Å². The highest BCUT2D eigenvalue weighted by Gasteiger charge is 2.18. The standard InChI is InChI=1S/C18H16I2/c1-18(2,3)17-9-11-8-12(19)4-6-14(11)15-7-5-13(20)10-16(15)17/h4-10H,1-3H3. The van der Waals surface area contributed by atoms with Crippen LogP contribution in [-0.4, -0.2) is 0 Å². The minimum atomic E-state index is 0.151. The first kappa shape index (κ1) is 14.6. The van der Waals surface area contributed by atoms with Crippen LogP contribution < -0.4 is 0 Å². The van der Waals surface area contributed by atoms with Gasteiger partial charge < -0.3 is 0 Å². The van der Waals surface area contributed by atoms with Crippen LogP contribution in [0.4, 0.5) is 0 Å². The molecule has 0 aliphatic carbocycles. The number of fused-ring (bicyclic) bond motifs is 3. The van der Waals surface area contributed by atoms with Crippen LogP contribution in [0.1, 0.15) is 26.3 Å². The maximum atomic E-state index is 2.40. The fourth-order valence-electron chi connectivity index (χ4n) is 2.73. The Balaban J connectivity index is 2.54. The van der Waals surface area contributed by atoms with E-state index in [0.717, 1.165) is 0 Å². The van der Waals surface area contributed by atoms with Crippen molar-refractivity contribution in [1.82, 2.24) is 0 Å². The van der Waals surface area contributed by atoms with Gasteiger partial charge in [0.2, 0.25) is 0 Å². The Morgan fingerprint density at radius 2 is 1.30 bits per heavy atom. The summed E-state index contributed by atoms with van der Waals surface area (Å²) in [5.74, 6) is 0. The van der Waals surface area contributed by atoms with Gasteiger partial charge in [0.15, 0.2) is 0 Å². The van der Waals surface area contributed by atoms with E-state index < -0.39 is 0 Å². The van der Waals surface area contributed by atoms with Crippen molar-refractivity contribution in [3.8, 4) is 0 Å². The Morgan fingerprint density at radius 3 is 1.95 bits per heavy atom. The van der Waals surface area contributed by atoms with Crippen molar-refractivity contribution in [2.45, 2.75) is 26.2 Å². The summed E-state index contributed by atoms with van der Waals surface area (Å²) in [7, 11) is 0. The molecule has 0 fully saturated rings. The molecule has 0 radical (unpaired) electrons. The van der Waals surface area contributed by atoms with Crippen molar-refractivity contribution in [1.29, 1.82) is 0 Å². The second kappa shape index (κ2) is 5.13. The third-order valence-corrected chi connectivity index (χ3v) is 5.03. The minimum Gasteiger partial charge on any atom is -0.0561 e. The van der Waals surface area contributed by atoms with Gasteiger partial charge in [-0.25, -0.2) is 0 Å². The van der Waals surface area contributed by atoms with Gasteiger partial charge in [-0.05, 0) is 108 Å². The van der Waals surface area contributed by atoms with Gasteiger partial charge in [0.1, 0.15) is 0 Å². The number of halogens is 2. The Bertz CT molecular complexity index is 811. The number of hydrogen-bond donors (Lipinski definition) is 0. The molecule has 3 aromatic rings. The zero-order valence-electron chi connectivity index (χ0n) is 11.8. The highest BCUT2D eigenvalue weighted by Crippen LogP contribution is 2.36. The summed E-state index contributed by atoms with van der Waals surface area (Å²) in [4.78, 5) is 0. The molecule has 0 heterocycles. The lowest BCUT2D eigenvalue weighted by Gasteiger charge is -2.23. The number of rotatable bonds is 0. The summed E-state index contributed by atoms with van der Waals surface area (Å²) in [5, 5.41) is 5.45. The van der Waals surface area contributed by atoms with Crippen molar-refractivity contribution in [2.24, 2.45) is 0 Å². The van der Waals surface area contributed by atoms with E-state index in [2.05, 4.69) is 108 Å². The number of hydrogen-bond acceptors (Lipinski definition) is 0. The molecule has 0 aliphatic heterocycles. The van der Waals surface area contributed by atoms with E-state index in [9.17, 15) is 0 Å². The van der Waals surface area contributed by atoms with E-state index in [-0.39, 0.29) is 5.41 Å². The van der Waals surface area contributed by atoms with Crippen molar-refractivity contribution < 1.29 is 0 Å². The minimum absolute atomic E-state index is 0.151. The Hall–Kier alpha value is -0.360. The average molecular weight is 486 g/mol. The predicted molar refractivity (Wildman–Crippen MR) is 106 cm³/mol. The Labute approximate surface area is 147 Å². The monoisotopic (exact) mass is 486 g/mol. The van der Waals surface area contributed by atoms with E-state index in [1.54, 1.807) is 0 Å². The molecule has 0 spiro atoms. The summed E-state index contributed by atoms with van der Waals surface area (Å²) in [6.45, 7) is 6.88. The maximum Gasteiger partial charge on any atom is 0.0136 e. The zero-order chi connectivity index (χ0) is 14.5. The van der Waals surface area contributed by atoms with Gasteiger partial charge in [-0.1, -0.05) is 32.9 Å². The highest BCUT2D eigenvalue weighted by molar-refractivity contribution is 14.1. The van der Waals surface area contributed by atoms with Gasteiger partial charge in [-0.15, -0.1) is 0 Å². The fourth-order valence-corrected chi connectivity index (χ4v) is 3.73. The third kappa shape index (κ3) is 2.56. The highest BCUT2D eigenvalue weighted by atomic mass is 127. The summed E-state index contributed by atoms with van der Waals surface area (Å²) in [5.41, 5.74) is 1.58. The molecule has 0 bridgehead atoms. The Kier molecular flexibility index (Phi) is 3.73. The normalized spacial score (nSPS) is 12.2. The first-order chi connectivity index (χ1) is 9.36. The van der Waals surface area contributed by atoms with Crippen LogP contribution in [0.25, 0.3) is 21.5 Å². The van der Waals surface area contributed by atoms with E-state index in [0.29, 0.717) is 0 Å². The fraction of sp³-hybridized carbons (Fsp3) is 0.222. The van der Waals surface area contributed by atoms with Crippen LogP contribution in [0.3, 0.4) is 0 Å². The van der Waals surface area contributed by atoms with E-state index in [1.807, 2.05) is 0 Å². The smallest absolute Gasteiger partial charge is 0.0136 e. The van der Waals surface area contributed by atoms with E-state index in [4.69, 9.17) is 0 Å². The molecule has 0 unspecified atom stereocenters. The molecule has 0 saturated carbocycles. The van der Waals surface area contributed by atoms with Gasteiger partial charge in [0, 0.05) is 7.14 Å². The summed E-state index contributed by atoms with van der Waals surface area (Å²) in [6, 6.07) is 15.9. The molecule has 0 nitrogen and oxygen atoms in total. The summed E-state index contributed by atoms with van der Waals surface area (Å²) >= 11 is 4.79. The van der Waals surface area contributed by atoms with Gasteiger partial charge in [0.25, 0.3) is 0 Å². The molecule has 3 aromatic carbocycles. The van der Waals surface area contributed by atoms with E-state index in [1.165, 1.54) is 34.2 Å². The molecule has 0 amide bonds. The largest absolute Gasteiger partial charge is 0.0561 e. The first-order valence-corrected chi connectivity index (χ1v) is 8.84. The van der Waals surface area contributed by atoms with Crippen molar-refractivity contribution in [3.63, 3.8) is 0 Å². The third-order valence-electron chi connectivity index (χ3n) is 3.68. The van der Waals surface area contributed by atoms with Gasteiger partial charge in [-0.3, -0.25) is 0 Å². The lowest BCUT2D eigenvalue weighted by atomic mass is 9.82. The molecule has 0 saturated heterocycles. The molecule has 20 heavy (non-hydrogen) atoms. The molecule has 0 aliphatic rings. The lowest BCUT2D eigenvalue weighted by molar-refractivity contribution is 0.596. The van der Waals surface area contributed by atoms with Crippen LogP contribution in [0.5, 0.6) is 0 Å². The maximum absolute atomic E-state index is 2.40. The summed E-state index contributed by atoms with van der Waals surface area (Å²) in [6.07, 6.45) is 0. The summed E-state index contributed by atoms with van der Waals surface area (Å²) < 4.78 is 2.59. The average Bonchev–Trinajstić information content (AvgIpc) is 2.36. The van der Waals surface area contributed by atoms with E-state index >= 15 is 0 Å². The molecule has 102 valence electrons. The molecular weight excluding hydrogens is 470 g/mol. The molecule has 2 heteroatoms. The SMILES string of the molecule is CC(C)(C)c1cc2cc(I)ccc2c2ccc(I)cc12. The number of benzene rings is 3. The quantitative estimate of drug-likeness (QED) is 0.252. The van der Waals surface area contributed by atoms with Gasteiger partial charge in [-0.2, -0.15) is 0 Å². The molecular formula is C18H16I2. The predicted octanol–water partition coefficient (Wildman–Crippen LogP) is 6.50. The first-order valence-electron chi connectivity index (χ1n) is 6.68. The molecule has 0 atom stereocenters. The van der Waals surface area contributed by atoms with Crippen LogP contribution in [0.15, 0.2) is 42.5 Å². The van der Waals surface area contributed by atoms with Crippen LogP contribution in [0.2, 0.25) is 0 Å². The topological polar surface area (TPSA) is 0 Å². The second-order valence-electron chi connectivity index (χ2n) is 6.23. The second-order valence-corrected chi connectivity index (χ2v) is 8.72. The molecule has 0 N–H and O–H groups in total. The Morgan fingerprint density at radius 1 is 0.700 bits per heavy atom.